The Morgan fingerprint density at radius 1 is 1.00 bits per heavy atom. The van der Waals surface area contributed by atoms with Gasteiger partial charge in [0.1, 0.15) is 6.61 Å². The molecule has 1 aliphatic heterocycles. The van der Waals surface area contributed by atoms with Gasteiger partial charge in [-0.25, -0.2) is 0 Å². The van der Waals surface area contributed by atoms with Crippen LogP contribution in [0.15, 0.2) is 48.5 Å². The van der Waals surface area contributed by atoms with Gasteiger partial charge in [-0.15, -0.1) is 0 Å². The summed E-state index contributed by atoms with van der Waals surface area (Å²) in [6, 6.07) is 16.3. The molecule has 0 saturated heterocycles. The monoisotopic (exact) mass is 414 g/mol. The van der Waals surface area contributed by atoms with E-state index in [1.165, 1.54) is 5.56 Å². The Labute approximate surface area is 176 Å². The molecule has 0 aromatic heterocycles. The highest BCUT2D eigenvalue weighted by atomic mass is 28.4. The second-order valence-electron chi connectivity index (χ2n) is 9.19. The predicted octanol–water partition coefficient (Wildman–Crippen LogP) is 5.61. The molecule has 0 unspecified atom stereocenters. The molecule has 0 saturated carbocycles. The van der Waals surface area contributed by atoms with E-state index in [2.05, 4.69) is 58.1 Å². The van der Waals surface area contributed by atoms with Crippen LogP contribution < -0.4 is 9.47 Å². The fourth-order valence-electron chi connectivity index (χ4n) is 2.92. The first-order valence-corrected chi connectivity index (χ1v) is 13.3. The molecule has 0 bridgehead atoms. The van der Waals surface area contributed by atoms with Gasteiger partial charge in [0.25, 0.3) is 0 Å². The molecule has 1 aliphatic rings. The number of rotatable bonds is 8. The summed E-state index contributed by atoms with van der Waals surface area (Å²) < 4.78 is 24.1. The molecule has 0 fully saturated rings. The molecule has 0 spiro atoms. The van der Waals surface area contributed by atoms with Crippen LogP contribution in [0.2, 0.25) is 18.1 Å². The van der Waals surface area contributed by atoms with Gasteiger partial charge in [0.15, 0.2) is 25.9 Å². The molecule has 2 aromatic rings. The van der Waals surface area contributed by atoms with E-state index in [1.807, 2.05) is 24.3 Å². The van der Waals surface area contributed by atoms with E-state index in [0.717, 1.165) is 30.1 Å². The number of fused-ring (bicyclic) bond motifs is 1. The maximum atomic E-state index is 6.31. The fraction of sp³-hybridized carbons (Fsp3) is 0.500. The van der Waals surface area contributed by atoms with Crippen LogP contribution in [0.25, 0.3) is 0 Å². The van der Waals surface area contributed by atoms with Crippen molar-refractivity contribution in [2.24, 2.45) is 0 Å². The highest BCUT2D eigenvalue weighted by molar-refractivity contribution is 6.74. The standard InChI is InChI=1S/C24H34O4Si/c1-24(2,3)29(4,5)27-14-13-19-11-12-22-23(15-19)28-21(18-26-22)17-25-16-20-9-7-6-8-10-20/h6-12,15,21H,13-14,16-18H2,1-5H3/t21-/m0/s1. The lowest BCUT2D eigenvalue weighted by Crippen LogP contribution is -2.41. The van der Waals surface area contributed by atoms with E-state index >= 15 is 0 Å². The first-order valence-electron chi connectivity index (χ1n) is 10.4. The van der Waals surface area contributed by atoms with Gasteiger partial charge >= 0.3 is 0 Å². The normalized spacial score (nSPS) is 16.7. The lowest BCUT2D eigenvalue weighted by atomic mass is 10.1. The van der Waals surface area contributed by atoms with Crippen LogP contribution in [0.3, 0.4) is 0 Å². The summed E-state index contributed by atoms with van der Waals surface area (Å²) in [6.45, 7) is 13.7. The van der Waals surface area contributed by atoms with Crippen LogP contribution >= 0.6 is 0 Å². The third-order valence-electron chi connectivity index (χ3n) is 5.80. The summed E-state index contributed by atoms with van der Waals surface area (Å²) in [6.07, 6.45) is 0.781. The third-order valence-corrected chi connectivity index (χ3v) is 10.3. The lowest BCUT2D eigenvalue weighted by molar-refractivity contribution is 0.00266. The molecule has 5 heteroatoms. The summed E-state index contributed by atoms with van der Waals surface area (Å²) in [5.41, 5.74) is 2.37. The van der Waals surface area contributed by atoms with Gasteiger partial charge in [0.2, 0.25) is 0 Å². The zero-order valence-electron chi connectivity index (χ0n) is 18.4. The summed E-state index contributed by atoms with van der Waals surface area (Å²) in [4.78, 5) is 0. The minimum absolute atomic E-state index is 0.0926. The number of ether oxygens (including phenoxy) is 3. The Hall–Kier alpha value is -1.82. The Morgan fingerprint density at radius 2 is 1.76 bits per heavy atom. The van der Waals surface area contributed by atoms with E-state index in [1.54, 1.807) is 0 Å². The lowest BCUT2D eigenvalue weighted by Gasteiger charge is -2.36. The minimum Gasteiger partial charge on any atom is -0.486 e. The smallest absolute Gasteiger partial charge is 0.191 e. The summed E-state index contributed by atoms with van der Waals surface area (Å²) in [7, 11) is -1.71. The molecule has 1 atom stereocenters. The molecule has 0 radical (unpaired) electrons. The van der Waals surface area contributed by atoms with Crippen LogP contribution in [0.1, 0.15) is 31.9 Å². The van der Waals surface area contributed by atoms with Crippen molar-refractivity contribution in [1.29, 1.82) is 0 Å². The second-order valence-corrected chi connectivity index (χ2v) is 14.0. The number of benzene rings is 2. The van der Waals surface area contributed by atoms with E-state index in [-0.39, 0.29) is 11.1 Å². The van der Waals surface area contributed by atoms with Crippen LogP contribution in [0, 0.1) is 0 Å². The van der Waals surface area contributed by atoms with Crippen molar-refractivity contribution in [3.8, 4) is 11.5 Å². The van der Waals surface area contributed by atoms with Crippen LogP contribution in [0.4, 0.5) is 0 Å². The minimum atomic E-state index is -1.71. The first-order chi connectivity index (χ1) is 13.7. The molecular formula is C24H34O4Si. The van der Waals surface area contributed by atoms with Crippen molar-refractivity contribution in [2.75, 3.05) is 19.8 Å². The van der Waals surface area contributed by atoms with Gasteiger partial charge in [-0.3, -0.25) is 0 Å². The van der Waals surface area contributed by atoms with E-state index in [9.17, 15) is 0 Å². The molecule has 0 amide bonds. The number of hydrogen-bond acceptors (Lipinski definition) is 4. The zero-order chi connectivity index (χ0) is 20.9. The van der Waals surface area contributed by atoms with Gasteiger partial charge in [-0.05, 0) is 47.8 Å². The quantitative estimate of drug-likeness (QED) is 0.526. The largest absolute Gasteiger partial charge is 0.486 e. The molecule has 0 aliphatic carbocycles. The van der Waals surface area contributed by atoms with E-state index in [4.69, 9.17) is 18.6 Å². The summed E-state index contributed by atoms with van der Waals surface area (Å²) >= 11 is 0. The van der Waals surface area contributed by atoms with Crippen molar-refractivity contribution in [3.05, 3.63) is 59.7 Å². The molecule has 0 N–H and O–H groups in total. The molecule has 1 heterocycles. The Morgan fingerprint density at radius 3 is 2.48 bits per heavy atom. The third kappa shape index (κ3) is 6.08. The highest BCUT2D eigenvalue weighted by Crippen LogP contribution is 2.37. The van der Waals surface area contributed by atoms with Crippen LogP contribution in [-0.2, 0) is 22.2 Å². The van der Waals surface area contributed by atoms with Gasteiger partial charge in [0.05, 0.1) is 13.2 Å². The van der Waals surface area contributed by atoms with E-state index in [0.29, 0.717) is 19.8 Å². The van der Waals surface area contributed by atoms with Gasteiger partial charge < -0.3 is 18.6 Å². The number of hydrogen-bond donors (Lipinski definition) is 0. The average Bonchev–Trinajstić information content (AvgIpc) is 2.67. The maximum absolute atomic E-state index is 6.31. The Kier molecular flexibility index (Phi) is 7.04. The molecular weight excluding hydrogens is 380 g/mol. The summed E-state index contributed by atoms with van der Waals surface area (Å²) in [5, 5.41) is 0.229. The van der Waals surface area contributed by atoms with Crippen molar-refractivity contribution in [3.63, 3.8) is 0 Å². The zero-order valence-corrected chi connectivity index (χ0v) is 19.4. The fourth-order valence-corrected chi connectivity index (χ4v) is 3.97. The predicted molar refractivity (Wildman–Crippen MR) is 119 cm³/mol. The molecule has 29 heavy (non-hydrogen) atoms. The van der Waals surface area contributed by atoms with Crippen LogP contribution in [0.5, 0.6) is 11.5 Å². The maximum Gasteiger partial charge on any atom is 0.191 e. The van der Waals surface area contributed by atoms with Crippen molar-refractivity contribution >= 4 is 8.32 Å². The van der Waals surface area contributed by atoms with E-state index < -0.39 is 8.32 Å². The van der Waals surface area contributed by atoms with Crippen molar-refractivity contribution < 1.29 is 18.6 Å². The first kappa shape index (κ1) is 21.9. The SMILES string of the molecule is CC(C)(C)[Si](C)(C)OCCc1ccc2c(c1)O[C@@H](COCc1ccccc1)CO2. The Balaban J connectivity index is 1.49. The molecule has 158 valence electrons. The van der Waals surface area contributed by atoms with Gasteiger partial charge in [-0.2, -0.15) is 0 Å². The van der Waals surface area contributed by atoms with Gasteiger partial charge in [0, 0.05) is 6.61 Å². The molecule has 2 aromatic carbocycles. The Bertz CT molecular complexity index is 783. The topological polar surface area (TPSA) is 36.9 Å². The summed E-state index contributed by atoms with van der Waals surface area (Å²) in [5.74, 6) is 1.60. The average molecular weight is 415 g/mol. The second kappa shape index (κ2) is 9.33. The van der Waals surface area contributed by atoms with Crippen molar-refractivity contribution in [1.82, 2.24) is 0 Å². The molecule has 3 rings (SSSR count). The van der Waals surface area contributed by atoms with Gasteiger partial charge in [-0.1, -0.05) is 57.2 Å². The highest BCUT2D eigenvalue weighted by Gasteiger charge is 2.36. The molecule has 4 nitrogen and oxygen atoms in total. The van der Waals surface area contributed by atoms with Crippen LogP contribution in [-0.4, -0.2) is 34.2 Å². The van der Waals surface area contributed by atoms with Crippen molar-refractivity contribution in [2.45, 2.75) is 58.0 Å².